The topological polar surface area (TPSA) is 110 Å². The third-order valence-corrected chi connectivity index (χ3v) is 14.7. The number of carbonyl (C=O) groups is 1. The van der Waals surface area contributed by atoms with E-state index in [-0.39, 0.29) is 0 Å². The summed E-state index contributed by atoms with van der Waals surface area (Å²) >= 11 is 0. The van der Waals surface area contributed by atoms with Gasteiger partial charge >= 0.3 is 0 Å². The monoisotopic (exact) mass is 1010 g/mol. The van der Waals surface area contributed by atoms with Gasteiger partial charge < -0.3 is 25.7 Å². The zero-order chi connectivity index (χ0) is 52.3. The van der Waals surface area contributed by atoms with Gasteiger partial charge in [-0.2, -0.15) is 0 Å². The highest BCUT2D eigenvalue weighted by Crippen LogP contribution is 2.17. The van der Waals surface area contributed by atoms with Gasteiger partial charge in [-0.1, -0.05) is 286 Å². The fraction of sp³-hybridized carbons (Fsp3) is 0.833. The van der Waals surface area contributed by atoms with E-state index >= 15 is 0 Å². The molecule has 1 amide bonds. The van der Waals surface area contributed by atoms with Crippen molar-refractivity contribution in [2.24, 2.45) is 0 Å². The summed E-state index contributed by atoms with van der Waals surface area (Å²) in [6, 6.07) is -1.02. The summed E-state index contributed by atoms with van der Waals surface area (Å²) in [5.74, 6) is -0.598. The van der Waals surface area contributed by atoms with Gasteiger partial charge in [-0.25, -0.2) is 0 Å². The average Bonchev–Trinajstić information content (AvgIpc) is 3.39. The molecule has 0 aromatic heterocycles. The second-order valence-corrected chi connectivity index (χ2v) is 21.7. The van der Waals surface area contributed by atoms with Gasteiger partial charge in [0.2, 0.25) is 5.91 Å². The predicted octanol–water partition coefficient (Wildman–Crippen LogP) is 19.1. The molecule has 0 fully saturated rings. The quantitative estimate of drug-likeness (QED) is 0.0308. The summed E-state index contributed by atoms with van der Waals surface area (Å²) in [6.45, 7) is 4.07. The normalized spacial score (nSPS) is 14.0. The molecule has 0 spiro atoms. The molecule has 0 aliphatic heterocycles. The third kappa shape index (κ3) is 52.9. The highest BCUT2D eigenvalue weighted by atomic mass is 16.3. The summed E-state index contributed by atoms with van der Waals surface area (Å²) < 4.78 is 0. The smallest absolute Gasteiger partial charge is 0.249 e. The van der Waals surface area contributed by atoms with Crippen molar-refractivity contribution in [1.82, 2.24) is 5.32 Å². The van der Waals surface area contributed by atoms with Crippen LogP contribution in [0.2, 0.25) is 0 Å². The van der Waals surface area contributed by atoms with E-state index in [2.05, 4.69) is 79.9 Å². The number of unbranched alkanes of at least 4 members (excludes halogenated alkanes) is 39. The van der Waals surface area contributed by atoms with Crippen molar-refractivity contribution in [1.29, 1.82) is 0 Å². The Morgan fingerprint density at radius 1 is 0.347 bits per heavy atom. The minimum absolute atomic E-state index is 0.357. The van der Waals surface area contributed by atoms with Crippen LogP contribution in [0.25, 0.3) is 0 Å². The molecule has 0 saturated carbocycles. The van der Waals surface area contributed by atoms with E-state index in [1.54, 1.807) is 0 Å². The Labute approximate surface area is 448 Å². The van der Waals surface area contributed by atoms with Gasteiger partial charge in [0.25, 0.3) is 0 Å². The van der Waals surface area contributed by atoms with Gasteiger partial charge in [-0.05, 0) is 96.3 Å². The van der Waals surface area contributed by atoms with Crippen LogP contribution >= 0.6 is 0 Å². The Kier molecular flexibility index (Phi) is 58.2. The molecule has 5 N–H and O–H groups in total. The van der Waals surface area contributed by atoms with Gasteiger partial charge in [-0.3, -0.25) is 4.79 Å². The number of carbonyl (C=O) groups excluding carboxylic acids is 1. The number of hydrogen-bond acceptors (Lipinski definition) is 5. The summed E-state index contributed by atoms with van der Waals surface area (Å²) in [6.07, 6.45) is 78.8. The van der Waals surface area contributed by atoms with Gasteiger partial charge in [0, 0.05) is 0 Å². The molecule has 0 aromatic carbocycles. The lowest BCUT2D eigenvalue weighted by Gasteiger charge is -2.27. The van der Waals surface area contributed by atoms with E-state index in [1.807, 2.05) is 0 Å². The molecule has 0 rings (SSSR count). The largest absolute Gasteiger partial charge is 0.394 e. The van der Waals surface area contributed by atoms with E-state index in [0.717, 1.165) is 57.8 Å². The van der Waals surface area contributed by atoms with Crippen molar-refractivity contribution in [2.45, 2.75) is 346 Å². The molecule has 6 nitrogen and oxygen atoms in total. The van der Waals surface area contributed by atoms with Crippen LogP contribution in [0.3, 0.4) is 0 Å². The first-order valence-electron chi connectivity index (χ1n) is 31.7. The third-order valence-electron chi connectivity index (χ3n) is 14.7. The van der Waals surface area contributed by atoms with Crippen molar-refractivity contribution in [3.05, 3.63) is 60.8 Å². The van der Waals surface area contributed by atoms with Crippen LogP contribution in [-0.2, 0) is 4.79 Å². The van der Waals surface area contributed by atoms with Gasteiger partial charge in [0.05, 0.1) is 18.8 Å². The lowest BCUT2D eigenvalue weighted by atomic mass is 10.00. The van der Waals surface area contributed by atoms with Crippen molar-refractivity contribution in [3.8, 4) is 0 Å². The van der Waals surface area contributed by atoms with E-state index in [0.29, 0.717) is 19.3 Å². The zero-order valence-electron chi connectivity index (χ0n) is 47.9. The van der Waals surface area contributed by atoms with Crippen LogP contribution in [0.15, 0.2) is 60.8 Å². The van der Waals surface area contributed by atoms with Crippen molar-refractivity contribution in [2.75, 3.05) is 6.61 Å². The van der Waals surface area contributed by atoms with E-state index < -0.39 is 36.9 Å². The predicted molar refractivity (Wildman–Crippen MR) is 316 cm³/mol. The molecular weight excluding hydrogens is 887 g/mol. The van der Waals surface area contributed by atoms with Crippen LogP contribution in [-0.4, -0.2) is 57.3 Å². The van der Waals surface area contributed by atoms with Gasteiger partial charge in [0.1, 0.15) is 12.2 Å². The maximum atomic E-state index is 12.6. The maximum absolute atomic E-state index is 12.6. The Morgan fingerprint density at radius 3 is 0.958 bits per heavy atom. The molecule has 0 bridgehead atoms. The Balaban J connectivity index is 3.67. The number of aliphatic hydroxyl groups is 4. The molecule has 72 heavy (non-hydrogen) atoms. The molecule has 4 unspecified atom stereocenters. The van der Waals surface area contributed by atoms with Crippen LogP contribution in [0.1, 0.15) is 322 Å². The second-order valence-electron chi connectivity index (χ2n) is 21.7. The maximum Gasteiger partial charge on any atom is 0.249 e. The first-order chi connectivity index (χ1) is 35.5. The van der Waals surface area contributed by atoms with Crippen LogP contribution in [0, 0.1) is 0 Å². The van der Waals surface area contributed by atoms with Gasteiger partial charge in [-0.15, -0.1) is 0 Å². The molecular formula is C66H123NO5. The molecule has 422 valence electrons. The van der Waals surface area contributed by atoms with Crippen LogP contribution < -0.4 is 5.32 Å². The zero-order valence-corrected chi connectivity index (χ0v) is 47.9. The van der Waals surface area contributed by atoms with Crippen molar-refractivity contribution in [3.63, 3.8) is 0 Å². The number of allylic oxidation sites excluding steroid dienone is 10. The molecule has 4 atom stereocenters. The fourth-order valence-electron chi connectivity index (χ4n) is 9.71. The minimum Gasteiger partial charge on any atom is -0.394 e. The summed E-state index contributed by atoms with van der Waals surface area (Å²) in [7, 11) is 0. The minimum atomic E-state index is -1.30. The standard InChI is InChI=1S/C66H123NO5/c1-3-5-7-9-11-13-15-17-19-21-23-25-27-29-31-32-33-34-36-38-40-42-44-46-48-50-52-54-56-58-60-64(70)66(72)67-62(61-68)65(71)63(69)59-57-55-53-51-49-47-45-43-41-39-37-35-30-28-26-24-22-20-18-16-14-12-10-8-6-4-2/h23,25,29,31,35,37,43,45,51,53,62-65,68-71H,3-22,24,26-28,30,32-34,36,38-42,44,46-50,52,54-61H2,1-2H3,(H,67,72)/b25-23-,31-29-,37-35+,45-43+,53-51+. The molecule has 0 heterocycles. The number of hydrogen-bond donors (Lipinski definition) is 5. The van der Waals surface area contributed by atoms with E-state index in [1.165, 1.54) is 231 Å². The molecule has 0 aliphatic rings. The number of nitrogens with one attached hydrogen (secondary N) is 1. The Bertz CT molecular complexity index is 1230. The summed E-state index contributed by atoms with van der Waals surface area (Å²) in [5.41, 5.74) is 0. The molecule has 0 aliphatic carbocycles. The van der Waals surface area contributed by atoms with Gasteiger partial charge in [0.15, 0.2) is 0 Å². The highest BCUT2D eigenvalue weighted by molar-refractivity contribution is 5.80. The fourth-order valence-corrected chi connectivity index (χ4v) is 9.71. The van der Waals surface area contributed by atoms with E-state index in [4.69, 9.17) is 0 Å². The highest BCUT2D eigenvalue weighted by Gasteiger charge is 2.28. The molecule has 6 heteroatoms. The van der Waals surface area contributed by atoms with Crippen molar-refractivity contribution < 1.29 is 25.2 Å². The first-order valence-corrected chi connectivity index (χ1v) is 31.7. The van der Waals surface area contributed by atoms with E-state index in [9.17, 15) is 25.2 Å². The molecule has 0 aromatic rings. The average molecular weight is 1010 g/mol. The molecule has 0 radical (unpaired) electrons. The molecule has 0 saturated heterocycles. The summed E-state index contributed by atoms with van der Waals surface area (Å²) in [4.78, 5) is 12.6. The van der Waals surface area contributed by atoms with Crippen LogP contribution in [0.4, 0.5) is 0 Å². The SMILES string of the molecule is CCCCCCCCCCC/C=C\C/C=C\CCCCCCCCCCCCCCCCC(O)C(=O)NC(CO)C(O)C(O)CCC/C=C/CC/C=C/CC/C=C/CCCCCCCCCCCCCCC. The lowest BCUT2D eigenvalue weighted by molar-refractivity contribution is -0.132. The number of rotatable bonds is 58. The number of aliphatic hydroxyl groups excluding tert-OH is 4. The number of amides is 1. The first kappa shape index (κ1) is 70.0. The van der Waals surface area contributed by atoms with Crippen LogP contribution in [0.5, 0.6) is 0 Å². The Hall–Kier alpha value is -1.99. The Morgan fingerprint density at radius 2 is 0.625 bits per heavy atom. The second kappa shape index (κ2) is 59.9. The lowest BCUT2D eigenvalue weighted by Crippen LogP contribution is -2.53. The van der Waals surface area contributed by atoms with Crippen molar-refractivity contribution >= 4 is 5.91 Å². The summed E-state index contributed by atoms with van der Waals surface area (Å²) in [5, 5.41) is 44.1.